The number of aryl methyl sites for hydroxylation is 1. The second kappa shape index (κ2) is 5.68. The number of aromatic nitrogens is 2. The van der Waals surface area contributed by atoms with Gasteiger partial charge < -0.3 is 10.4 Å². The van der Waals surface area contributed by atoms with Gasteiger partial charge in [0.1, 0.15) is 12.1 Å². The van der Waals surface area contributed by atoms with Gasteiger partial charge in [0, 0.05) is 17.8 Å². The Morgan fingerprint density at radius 3 is 2.85 bits per heavy atom. The summed E-state index contributed by atoms with van der Waals surface area (Å²) in [4.78, 5) is 8.70. The van der Waals surface area contributed by atoms with E-state index in [1.54, 1.807) is 6.33 Å². The number of nitrogens with zero attached hydrogens (tertiary/aromatic N) is 2. The summed E-state index contributed by atoms with van der Waals surface area (Å²) >= 11 is 0. The minimum absolute atomic E-state index is 0.553. The molecule has 0 saturated heterocycles. The average molecular weight is 275 g/mol. The average Bonchev–Trinajstić information content (AvgIpc) is 2.95. The summed E-state index contributed by atoms with van der Waals surface area (Å²) in [7, 11) is 0. The van der Waals surface area contributed by atoms with E-state index >= 15 is 0 Å². The largest absolute Gasteiger partial charge is 0.388 e. The predicted molar refractivity (Wildman–Crippen MR) is 79.7 cm³/mol. The number of nitrogens with one attached hydrogen (secondary N) is 1. The molecule has 2 N–H and O–H groups in total. The van der Waals surface area contributed by atoms with Gasteiger partial charge in [-0.05, 0) is 50.9 Å². The van der Waals surface area contributed by atoms with Crippen LogP contribution in [0.5, 0.6) is 0 Å². The van der Waals surface area contributed by atoms with Crippen LogP contribution in [0.1, 0.15) is 56.7 Å². The molecule has 0 spiro atoms. The molecular weight excluding hydrogens is 250 g/mol. The first kappa shape index (κ1) is 13.8. The molecule has 4 nitrogen and oxygen atoms in total. The fourth-order valence-corrected chi connectivity index (χ4v) is 3.56. The van der Waals surface area contributed by atoms with Crippen molar-refractivity contribution in [3.05, 3.63) is 17.6 Å². The third-order valence-electron chi connectivity index (χ3n) is 5.07. The zero-order chi connectivity index (χ0) is 14.0. The molecule has 1 fully saturated rings. The van der Waals surface area contributed by atoms with E-state index in [4.69, 9.17) is 0 Å². The van der Waals surface area contributed by atoms with Crippen molar-refractivity contribution in [1.82, 2.24) is 9.97 Å². The summed E-state index contributed by atoms with van der Waals surface area (Å²) in [5.74, 6) is 1.75. The third kappa shape index (κ3) is 2.80. The molecule has 0 amide bonds. The van der Waals surface area contributed by atoms with Gasteiger partial charge in [-0.3, -0.25) is 0 Å². The van der Waals surface area contributed by atoms with Crippen LogP contribution in [-0.4, -0.2) is 27.2 Å². The highest BCUT2D eigenvalue weighted by molar-refractivity contribution is 5.48. The molecular formula is C16H25N3O. The normalized spacial score (nSPS) is 29.2. The number of fused-ring (bicyclic) bond motifs is 1. The lowest BCUT2D eigenvalue weighted by Crippen LogP contribution is -2.40. The van der Waals surface area contributed by atoms with Gasteiger partial charge in [0.05, 0.1) is 5.60 Å². The molecule has 110 valence electrons. The lowest BCUT2D eigenvalue weighted by atomic mass is 9.78. The van der Waals surface area contributed by atoms with E-state index in [2.05, 4.69) is 22.2 Å². The molecule has 0 unspecified atom stereocenters. The fourth-order valence-electron chi connectivity index (χ4n) is 3.56. The number of anilines is 1. The molecule has 2 aliphatic carbocycles. The molecule has 20 heavy (non-hydrogen) atoms. The van der Waals surface area contributed by atoms with E-state index in [0.29, 0.717) is 6.54 Å². The zero-order valence-electron chi connectivity index (χ0n) is 12.4. The molecule has 0 radical (unpaired) electrons. The molecule has 4 heteroatoms. The first-order valence-corrected chi connectivity index (χ1v) is 7.99. The van der Waals surface area contributed by atoms with Crippen molar-refractivity contribution in [3.8, 4) is 0 Å². The second-order valence-electron chi connectivity index (χ2n) is 6.43. The summed E-state index contributed by atoms with van der Waals surface area (Å²) in [6, 6.07) is 0. The maximum absolute atomic E-state index is 10.7. The van der Waals surface area contributed by atoms with Gasteiger partial charge in [0.25, 0.3) is 0 Å². The monoisotopic (exact) mass is 275 g/mol. The van der Waals surface area contributed by atoms with Crippen molar-refractivity contribution in [3.63, 3.8) is 0 Å². The quantitative estimate of drug-likeness (QED) is 0.887. The Bertz CT molecular complexity index is 467. The second-order valence-corrected chi connectivity index (χ2v) is 6.43. The predicted octanol–water partition coefficient (Wildman–Crippen LogP) is 2.71. The molecule has 1 saturated carbocycles. The highest BCUT2D eigenvalue weighted by Crippen LogP contribution is 2.34. The van der Waals surface area contributed by atoms with Gasteiger partial charge in [0.2, 0.25) is 0 Å². The number of aliphatic hydroxyl groups is 1. The van der Waals surface area contributed by atoms with Crippen LogP contribution >= 0.6 is 0 Å². The first-order chi connectivity index (χ1) is 9.70. The van der Waals surface area contributed by atoms with Crippen molar-refractivity contribution in [2.75, 3.05) is 11.9 Å². The van der Waals surface area contributed by atoms with Crippen molar-refractivity contribution >= 4 is 5.82 Å². The number of rotatable bonds is 4. The highest BCUT2D eigenvalue weighted by atomic mass is 16.3. The van der Waals surface area contributed by atoms with Crippen LogP contribution < -0.4 is 5.32 Å². The molecule has 0 atom stereocenters. The summed E-state index contributed by atoms with van der Waals surface area (Å²) in [5.41, 5.74) is 1.89. The topological polar surface area (TPSA) is 58.0 Å². The Kier molecular flexibility index (Phi) is 3.92. The number of hydrogen-bond donors (Lipinski definition) is 2. The lowest BCUT2D eigenvalue weighted by molar-refractivity contribution is 0.00222. The summed E-state index contributed by atoms with van der Waals surface area (Å²) in [5, 5.41) is 14.1. The van der Waals surface area contributed by atoms with E-state index in [9.17, 15) is 5.11 Å². The van der Waals surface area contributed by atoms with Crippen LogP contribution in [0.2, 0.25) is 0 Å². The minimum Gasteiger partial charge on any atom is -0.388 e. The van der Waals surface area contributed by atoms with Crippen molar-refractivity contribution in [2.24, 2.45) is 5.92 Å². The van der Waals surface area contributed by atoms with E-state index in [1.807, 2.05) is 0 Å². The van der Waals surface area contributed by atoms with Crippen molar-refractivity contribution < 1.29 is 5.11 Å². The molecule has 3 rings (SSSR count). The molecule has 0 aliphatic heterocycles. The molecule has 2 aliphatic rings. The Morgan fingerprint density at radius 1 is 1.30 bits per heavy atom. The Morgan fingerprint density at radius 2 is 2.10 bits per heavy atom. The highest BCUT2D eigenvalue weighted by Gasteiger charge is 2.32. The standard InChI is InChI=1S/C16H25N3O/c1-2-12-6-8-16(20,9-7-12)10-17-15-13-4-3-5-14(13)18-11-19-15/h11-12,20H,2-10H2,1H3,(H,17,18,19). The van der Waals surface area contributed by atoms with Crippen molar-refractivity contribution in [2.45, 2.75) is 63.9 Å². The van der Waals surface area contributed by atoms with Gasteiger partial charge in [-0.1, -0.05) is 13.3 Å². The lowest BCUT2D eigenvalue weighted by Gasteiger charge is -2.36. The van der Waals surface area contributed by atoms with E-state index in [0.717, 1.165) is 50.3 Å². The number of hydrogen-bond acceptors (Lipinski definition) is 4. The van der Waals surface area contributed by atoms with Gasteiger partial charge in [-0.25, -0.2) is 9.97 Å². The molecule has 1 heterocycles. The fraction of sp³-hybridized carbons (Fsp3) is 0.750. The Balaban J connectivity index is 1.61. The van der Waals surface area contributed by atoms with E-state index in [1.165, 1.54) is 24.1 Å². The smallest absolute Gasteiger partial charge is 0.132 e. The molecule has 1 aromatic rings. The Hall–Kier alpha value is -1.16. The zero-order valence-corrected chi connectivity index (χ0v) is 12.4. The summed E-state index contributed by atoms with van der Waals surface area (Å²) in [6.45, 7) is 2.87. The van der Waals surface area contributed by atoms with Crippen molar-refractivity contribution in [1.29, 1.82) is 0 Å². The van der Waals surface area contributed by atoms with Crippen LogP contribution in [0.3, 0.4) is 0 Å². The van der Waals surface area contributed by atoms with Crippen LogP contribution in [-0.2, 0) is 12.8 Å². The SMILES string of the molecule is CCC1CCC(O)(CNc2ncnc3c2CCC3)CC1. The maximum atomic E-state index is 10.7. The summed E-state index contributed by atoms with van der Waals surface area (Å²) < 4.78 is 0. The first-order valence-electron chi connectivity index (χ1n) is 7.99. The van der Waals surface area contributed by atoms with Crippen LogP contribution in [0.4, 0.5) is 5.82 Å². The van der Waals surface area contributed by atoms with Crippen LogP contribution in [0, 0.1) is 5.92 Å². The van der Waals surface area contributed by atoms with Gasteiger partial charge >= 0.3 is 0 Å². The van der Waals surface area contributed by atoms with Crippen LogP contribution in [0.25, 0.3) is 0 Å². The van der Waals surface area contributed by atoms with E-state index < -0.39 is 5.60 Å². The van der Waals surface area contributed by atoms with Gasteiger partial charge in [-0.2, -0.15) is 0 Å². The third-order valence-corrected chi connectivity index (χ3v) is 5.07. The molecule has 0 bridgehead atoms. The van der Waals surface area contributed by atoms with Crippen LogP contribution in [0.15, 0.2) is 6.33 Å². The van der Waals surface area contributed by atoms with Gasteiger partial charge in [-0.15, -0.1) is 0 Å². The maximum Gasteiger partial charge on any atom is 0.132 e. The molecule has 1 aromatic heterocycles. The minimum atomic E-state index is -0.553. The molecule has 0 aromatic carbocycles. The van der Waals surface area contributed by atoms with Gasteiger partial charge in [0.15, 0.2) is 0 Å². The van der Waals surface area contributed by atoms with E-state index in [-0.39, 0.29) is 0 Å². The Labute approximate surface area is 121 Å². The summed E-state index contributed by atoms with van der Waals surface area (Å²) in [6.07, 6.45) is 10.3.